The van der Waals surface area contributed by atoms with Crippen molar-refractivity contribution in [3.05, 3.63) is 33.0 Å². The molecule has 0 saturated heterocycles. The van der Waals surface area contributed by atoms with Crippen molar-refractivity contribution in [2.45, 2.75) is 19.9 Å². The van der Waals surface area contributed by atoms with E-state index in [-0.39, 0.29) is 29.9 Å². The van der Waals surface area contributed by atoms with Crippen molar-refractivity contribution in [3.8, 4) is 11.5 Å². The first-order valence-corrected chi connectivity index (χ1v) is 8.61. The SMILES string of the molecule is COc1cc(OC)c(C(=O)C(=CNC(CO)C(C)C)C(=O)O)cc1I. The molecule has 3 N–H and O–H groups in total. The summed E-state index contributed by atoms with van der Waals surface area (Å²) in [6, 6.07) is 2.69. The summed E-state index contributed by atoms with van der Waals surface area (Å²) in [5, 5.41) is 21.5. The number of aliphatic carboxylic acids is 1. The maximum atomic E-state index is 12.7. The Labute approximate surface area is 160 Å². The van der Waals surface area contributed by atoms with E-state index < -0.39 is 17.3 Å². The Bertz CT molecular complexity index is 671. The second-order valence-electron chi connectivity index (χ2n) is 5.58. The molecule has 1 aromatic carbocycles. The van der Waals surface area contributed by atoms with Crippen LogP contribution in [-0.4, -0.2) is 48.8 Å². The quantitative estimate of drug-likeness (QED) is 0.169. The third-order valence-electron chi connectivity index (χ3n) is 3.64. The largest absolute Gasteiger partial charge is 0.496 e. The number of carboxylic acid groups (broad SMARTS) is 1. The van der Waals surface area contributed by atoms with Gasteiger partial charge in [-0.05, 0) is 34.6 Å². The fourth-order valence-corrected chi connectivity index (χ4v) is 2.74. The number of aliphatic hydroxyl groups is 1. The summed E-state index contributed by atoms with van der Waals surface area (Å²) in [4.78, 5) is 24.2. The van der Waals surface area contributed by atoms with Gasteiger partial charge in [-0.25, -0.2) is 4.79 Å². The van der Waals surface area contributed by atoms with Crippen molar-refractivity contribution < 1.29 is 29.3 Å². The number of hydrogen-bond donors (Lipinski definition) is 3. The lowest BCUT2D eigenvalue weighted by Gasteiger charge is -2.19. The zero-order chi connectivity index (χ0) is 19.1. The monoisotopic (exact) mass is 463 g/mol. The van der Waals surface area contributed by atoms with Gasteiger partial charge >= 0.3 is 5.97 Å². The molecule has 25 heavy (non-hydrogen) atoms. The maximum absolute atomic E-state index is 12.7. The van der Waals surface area contributed by atoms with Crippen LogP contribution >= 0.6 is 22.6 Å². The van der Waals surface area contributed by atoms with Gasteiger partial charge in [0.25, 0.3) is 0 Å². The fourth-order valence-electron chi connectivity index (χ4n) is 2.05. The van der Waals surface area contributed by atoms with Crippen LogP contribution in [0, 0.1) is 9.49 Å². The molecule has 8 heteroatoms. The van der Waals surface area contributed by atoms with E-state index in [1.54, 1.807) is 0 Å². The number of aliphatic hydroxyl groups excluding tert-OH is 1. The summed E-state index contributed by atoms with van der Waals surface area (Å²) in [6.45, 7) is 3.57. The highest BCUT2D eigenvalue weighted by atomic mass is 127. The molecule has 0 amide bonds. The van der Waals surface area contributed by atoms with Crippen molar-refractivity contribution in [1.29, 1.82) is 0 Å². The Hall–Kier alpha value is -1.81. The highest BCUT2D eigenvalue weighted by molar-refractivity contribution is 14.1. The van der Waals surface area contributed by atoms with E-state index in [1.807, 2.05) is 36.4 Å². The van der Waals surface area contributed by atoms with Gasteiger partial charge in [-0.15, -0.1) is 0 Å². The smallest absolute Gasteiger partial charge is 0.341 e. The zero-order valence-corrected chi connectivity index (χ0v) is 16.7. The van der Waals surface area contributed by atoms with Crippen molar-refractivity contribution in [3.63, 3.8) is 0 Å². The summed E-state index contributed by atoms with van der Waals surface area (Å²) in [7, 11) is 2.88. The first-order chi connectivity index (χ1) is 11.8. The molecule has 0 saturated carbocycles. The van der Waals surface area contributed by atoms with Crippen LogP contribution in [0.3, 0.4) is 0 Å². The zero-order valence-electron chi connectivity index (χ0n) is 14.5. The van der Waals surface area contributed by atoms with E-state index in [9.17, 15) is 19.8 Å². The number of halogens is 1. The van der Waals surface area contributed by atoms with Gasteiger partial charge in [0.15, 0.2) is 0 Å². The van der Waals surface area contributed by atoms with E-state index in [2.05, 4.69) is 5.32 Å². The van der Waals surface area contributed by atoms with Crippen LogP contribution in [0.4, 0.5) is 0 Å². The number of carbonyl (C=O) groups is 2. The molecule has 0 spiro atoms. The molecule has 138 valence electrons. The number of methoxy groups -OCH3 is 2. The Kier molecular flexibility index (Phi) is 8.17. The lowest BCUT2D eigenvalue weighted by Crippen LogP contribution is -2.34. The maximum Gasteiger partial charge on any atom is 0.341 e. The molecule has 1 rings (SSSR count). The van der Waals surface area contributed by atoms with Crippen molar-refractivity contribution in [1.82, 2.24) is 5.32 Å². The number of ether oxygens (including phenoxy) is 2. The van der Waals surface area contributed by atoms with E-state index in [0.717, 1.165) is 6.20 Å². The lowest BCUT2D eigenvalue weighted by atomic mass is 10.0. The van der Waals surface area contributed by atoms with E-state index in [4.69, 9.17) is 9.47 Å². The Morgan fingerprint density at radius 1 is 1.24 bits per heavy atom. The van der Waals surface area contributed by atoms with E-state index >= 15 is 0 Å². The molecular formula is C17H22INO6. The van der Waals surface area contributed by atoms with Crippen LogP contribution in [0.25, 0.3) is 0 Å². The minimum atomic E-state index is -1.37. The Morgan fingerprint density at radius 3 is 2.28 bits per heavy atom. The van der Waals surface area contributed by atoms with Crippen molar-refractivity contribution in [2.24, 2.45) is 5.92 Å². The minimum absolute atomic E-state index is 0.0582. The molecule has 0 fully saturated rings. The standard InChI is InChI=1S/C17H22INO6/c1-9(2)13(8-20)19-7-11(17(22)23)16(21)10-5-12(18)15(25-4)6-14(10)24-3/h5-7,9,13,19-20H,8H2,1-4H3,(H,22,23). The van der Waals surface area contributed by atoms with Gasteiger partial charge in [-0.3, -0.25) is 4.79 Å². The number of carboxylic acids is 1. The van der Waals surface area contributed by atoms with Crippen LogP contribution in [0.5, 0.6) is 11.5 Å². The number of Topliss-reactive ketones (excluding diaryl/α,β-unsaturated/α-hetero) is 1. The molecule has 1 aromatic rings. The molecule has 1 unspecified atom stereocenters. The number of hydrogen-bond acceptors (Lipinski definition) is 6. The summed E-state index contributed by atoms with van der Waals surface area (Å²) >= 11 is 1.99. The molecule has 0 heterocycles. The van der Waals surface area contributed by atoms with Gasteiger partial charge in [0, 0.05) is 12.3 Å². The van der Waals surface area contributed by atoms with E-state index in [1.165, 1.54) is 26.4 Å². The predicted molar refractivity (Wildman–Crippen MR) is 101 cm³/mol. The van der Waals surface area contributed by atoms with Gasteiger partial charge in [0.2, 0.25) is 5.78 Å². The van der Waals surface area contributed by atoms with Gasteiger partial charge in [0.1, 0.15) is 17.1 Å². The Morgan fingerprint density at radius 2 is 1.84 bits per heavy atom. The normalized spacial score (nSPS) is 12.7. The second kappa shape index (κ2) is 9.62. The lowest BCUT2D eigenvalue weighted by molar-refractivity contribution is -0.132. The molecule has 7 nitrogen and oxygen atoms in total. The van der Waals surface area contributed by atoms with Crippen molar-refractivity contribution in [2.75, 3.05) is 20.8 Å². The van der Waals surface area contributed by atoms with Crippen LogP contribution in [0.15, 0.2) is 23.9 Å². The average molecular weight is 463 g/mol. The highest BCUT2D eigenvalue weighted by Crippen LogP contribution is 2.31. The predicted octanol–water partition coefficient (Wildman–Crippen LogP) is 2.07. The third kappa shape index (κ3) is 5.33. The van der Waals surface area contributed by atoms with Crippen LogP contribution in [-0.2, 0) is 4.79 Å². The second-order valence-corrected chi connectivity index (χ2v) is 6.74. The first-order valence-electron chi connectivity index (χ1n) is 7.53. The number of nitrogens with one attached hydrogen (secondary N) is 1. The molecule has 1 atom stereocenters. The highest BCUT2D eigenvalue weighted by Gasteiger charge is 2.24. The van der Waals surface area contributed by atoms with E-state index in [0.29, 0.717) is 9.32 Å². The van der Waals surface area contributed by atoms with Gasteiger partial charge in [-0.1, -0.05) is 13.8 Å². The summed E-state index contributed by atoms with van der Waals surface area (Å²) < 4.78 is 11.0. The molecule has 0 aliphatic rings. The summed E-state index contributed by atoms with van der Waals surface area (Å²) in [5.74, 6) is -1.27. The minimum Gasteiger partial charge on any atom is -0.496 e. The van der Waals surface area contributed by atoms with Gasteiger partial charge in [0.05, 0.1) is 36.0 Å². The number of rotatable bonds is 9. The molecule has 0 bridgehead atoms. The summed E-state index contributed by atoms with van der Waals surface area (Å²) in [5.41, 5.74) is -0.327. The molecule has 0 radical (unpaired) electrons. The number of benzene rings is 1. The third-order valence-corrected chi connectivity index (χ3v) is 4.48. The van der Waals surface area contributed by atoms with Gasteiger partial charge in [-0.2, -0.15) is 0 Å². The topological polar surface area (TPSA) is 105 Å². The fraction of sp³-hybridized carbons (Fsp3) is 0.412. The van der Waals surface area contributed by atoms with Crippen LogP contribution in [0.2, 0.25) is 0 Å². The number of ketones is 1. The molecular weight excluding hydrogens is 441 g/mol. The first kappa shape index (κ1) is 21.2. The molecule has 0 aromatic heterocycles. The van der Waals surface area contributed by atoms with Gasteiger partial charge < -0.3 is 25.0 Å². The van der Waals surface area contributed by atoms with Crippen molar-refractivity contribution >= 4 is 34.3 Å². The number of carbonyl (C=O) groups excluding carboxylic acids is 1. The molecule has 0 aliphatic heterocycles. The summed E-state index contributed by atoms with van der Waals surface area (Å²) in [6.07, 6.45) is 1.13. The van der Waals surface area contributed by atoms with Crippen LogP contribution < -0.4 is 14.8 Å². The Balaban J connectivity index is 3.28. The molecule has 0 aliphatic carbocycles. The van der Waals surface area contributed by atoms with Crippen LogP contribution in [0.1, 0.15) is 24.2 Å². The average Bonchev–Trinajstić information content (AvgIpc) is 2.57.